The highest BCUT2D eigenvalue weighted by Gasteiger charge is 2.10. The molecule has 18 heavy (non-hydrogen) atoms. The molecule has 3 heteroatoms. The summed E-state index contributed by atoms with van der Waals surface area (Å²) in [6, 6.07) is 2.23. The van der Waals surface area contributed by atoms with Gasteiger partial charge in [-0.3, -0.25) is 0 Å². The van der Waals surface area contributed by atoms with Crippen molar-refractivity contribution in [2.75, 3.05) is 6.54 Å². The molecule has 0 radical (unpaired) electrons. The molecule has 1 unspecified atom stereocenters. The number of hydrogen-bond acceptors (Lipinski definition) is 2. The van der Waals surface area contributed by atoms with Gasteiger partial charge in [0.15, 0.2) is 0 Å². The van der Waals surface area contributed by atoms with Crippen LogP contribution in [0.15, 0.2) is 6.07 Å². The van der Waals surface area contributed by atoms with Crippen LogP contribution in [0.3, 0.4) is 0 Å². The Morgan fingerprint density at radius 1 is 1.33 bits per heavy atom. The molecule has 1 nitrogen and oxygen atoms in total. The zero-order chi connectivity index (χ0) is 13.8. The van der Waals surface area contributed by atoms with Gasteiger partial charge < -0.3 is 5.32 Å². The van der Waals surface area contributed by atoms with E-state index in [0.29, 0.717) is 0 Å². The average molecular weight is 288 g/mol. The number of thiophene rings is 1. The number of nitrogens with one attached hydrogen (secondary N) is 1. The number of halogens is 1. The molecule has 1 heterocycles. The molecule has 0 saturated heterocycles. The molecule has 0 amide bonds. The molecule has 1 N–H and O–H groups in total. The monoisotopic (exact) mass is 287 g/mol. The third-order valence-corrected chi connectivity index (χ3v) is 4.70. The molecule has 1 aromatic heterocycles. The summed E-state index contributed by atoms with van der Waals surface area (Å²) in [7, 11) is 0. The first kappa shape index (κ1) is 16.0. The van der Waals surface area contributed by atoms with Gasteiger partial charge in [-0.2, -0.15) is 0 Å². The van der Waals surface area contributed by atoms with Crippen LogP contribution in [0.5, 0.6) is 0 Å². The summed E-state index contributed by atoms with van der Waals surface area (Å²) in [5.74, 6) is 0.765. The minimum Gasteiger partial charge on any atom is -0.312 e. The Kier molecular flexibility index (Phi) is 6.16. The first-order valence-electron chi connectivity index (χ1n) is 6.78. The fraction of sp³-hybridized carbons (Fsp3) is 0.733. The molecule has 1 aromatic rings. The summed E-state index contributed by atoms with van der Waals surface area (Å²) in [5.41, 5.74) is 1.46. The van der Waals surface area contributed by atoms with E-state index in [1.54, 1.807) is 11.3 Å². The standard InChI is InChI=1S/C15H26ClNS/c1-11(8-9-17-15(3,4)5)6-7-13-10-12(2)14(16)18-13/h10-11,17H,6-9H2,1-5H3. The Morgan fingerprint density at radius 2 is 2.00 bits per heavy atom. The first-order chi connectivity index (χ1) is 8.28. The Balaban J connectivity index is 2.23. The third kappa shape index (κ3) is 6.21. The summed E-state index contributed by atoms with van der Waals surface area (Å²) in [5, 5.41) is 3.55. The number of aryl methyl sites for hydroxylation is 2. The molecule has 1 atom stereocenters. The first-order valence-corrected chi connectivity index (χ1v) is 7.97. The maximum absolute atomic E-state index is 6.09. The molecule has 104 valence electrons. The van der Waals surface area contributed by atoms with Crippen molar-refractivity contribution < 1.29 is 0 Å². The lowest BCUT2D eigenvalue weighted by atomic mass is 10.00. The van der Waals surface area contributed by atoms with Gasteiger partial charge in [0.1, 0.15) is 0 Å². The van der Waals surface area contributed by atoms with Gasteiger partial charge in [0, 0.05) is 10.4 Å². The number of hydrogen-bond donors (Lipinski definition) is 1. The van der Waals surface area contributed by atoms with E-state index in [-0.39, 0.29) is 5.54 Å². The minimum absolute atomic E-state index is 0.234. The van der Waals surface area contributed by atoms with E-state index in [9.17, 15) is 0 Å². The third-order valence-electron chi connectivity index (χ3n) is 3.08. The van der Waals surface area contributed by atoms with Crippen molar-refractivity contribution in [1.29, 1.82) is 0 Å². The SMILES string of the molecule is Cc1cc(CCC(C)CCNC(C)(C)C)sc1Cl. The van der Waals surface area contributed by atoms with E-state index in [4.69, 9.17) is 11.6 Å². The normalized spacial score (nSPS) is 13.9. The highest BCUT2D eigenvalue weighted by atomic mass is 35.5. The zero-order valence-electron chi connectivity index (χ0n) is 12.3. The second-order valence-electron chi connectivity index (χ2n) is 6.28. The van der Waals surface area contributed by atoms with Gasteiger partial charge in [-0.05, 0) is 71.0 Å². The molecule has 0 aliphatic heterocycles. The second kappa shape index (κ2) is 6.93. The summed E-state index contributed by atoms with van der Waals surface area (Å²) in [4.78, 5) is 1.42. The van der Waals surface area contributed by atoms with E-state index >= 15 is 0 Å². The quantitative estimate of drug-likeness (QED) is 0.771. The lowest BCUT2D eigenvalue weighted by Gasteiger charge is -2.21. The van der Waals surface area contributed by atoms with Crippen molar-refractivity contribution in [3.8, 4) is 0 Å². The summed E-state index contributed by atoms with van der Waals surface area (Å²) in [6.45, 7) is 12.2. The molecular formula is C15H26ClNS. The van der Waals surface area contributed by atoms with E-state index < -0.39 is 0 Å². The molecule has 0 aliphatic rings. The molecular weight excluding hydrogens is 262 g/mol. The van der Waals surface area contributed by atoms with Crippen LogP contribution in [-0.4, -0.2) is 12.1 Å². The maximum atomic E-state index is 6.09. The fourth-order valence-corrected chi connectivity index (χ4v) is 3.13. The lowest BCUT2D eigenvalue weighted by Crippen LogP contribution is -2.36. The Labute approximate surface area is 121 Å². The zero-order valence-corrected chi connectivity index (χ0v) is 13.8. The Hall–Kier alpha value is -0.0500. The van der Waals surface area contributed by atoms with Gasteiger partial charge in [0.2, 0.25) is 0 Å². The van der Waals surface area contributed by atoms with Crippen LogP contribution in [0, 0.1) is 12.8 Å². The van der Waals surface area contributed by atoms with Crippen molar-refractivity contribution >= 4 is 22.9 Å². The van der Waals surface area contributed by atoms with Crippen LogP contribution in [0.1, 0.15) is 51.0 Å². The smallest absolute Gasteiger partial charge is 0.0960 e. The van der Waals surface area contributed by atoms with Gasteiger partial charge >= 0.3 is 0 Å². The van der Waals surface area contributed by atoms with Gasteiger partial charge in [0.05, 0.1) is 4.34 Å². The van der Waals surface area contributed by atoms with Crippen molar-refractivity contribution in [3.05, 3.63) is 20.8 Å². The molecule has 0 saturated carbocycles. The second-order valence-corrected chi connectivity index (χ2v) is 8.02. The molecule has 0 aliphatic carbocycles. The average Bonchev–Trinajstić information content (AvgIpc) is 2.54. The van der Waals surface area contributed by atoms with Crippen LogP contribution in [0.4, 0.5) is 0 Å². The highest BCUT2D eigenvalue weighted by Crippen LogP contribution is 2.28. The molecule has 1 rings (SSSR count). The van der Waals surface area contributed by atoms with Crippen molar-refractivity contribution in [1.82, 2.24) is 5.32 Å². The van der Waals surface area contributed by atoms with Crippen LogP contribution in [-0.2, 0) is 6.42 Å². The predicted octanol–water partition coefficient (Wildman–Crippen LogP) is 5.06. The van der Waals surface area contributed by atoms with E-state index in [0.717, 1.165) is 23.2 Å². The van der Waals surface area contributed by atoms with Crippen LogP contribution in [0.2, 0.25) is 4.34 Å². The fourth-order valence-electron chi connectivity index (χ4n) is 1.87. The maximum Gasteiger partial charge on any atom is 0.0960 e. The van der Waals surface area contributed by atoms with Gasteiger partial charge in [-0.1, -0.05) is 18.5 Å². The van der Waals surface area contributed by atoms with Crippen molar-refractivity contribution in [3.63, 3.8) is 0 Å². The Bertz CT molecular complexity index is 346. The van der Waals surface area contributed by atoms with Crippen LogP contribution in [0.25, 0.3) is 0 Å². The van der Waals surface area contributed by atoms with Crippen LogP contribution >= 0.6 is 22.9 Å². The van der Waals surface area contributed by atoms with Gasteiger partial charge in [-0.25, -0.2) is 0 Å². The summed E-state index contributed by atoms with van der Waals surface area (Å²) >= 11 is 7.82. The predicted molar refractivity (Wildman–Crippen MR) is 83.9 cm³/mol. The Morgan fingerprint density at radius 3 is 2.50 bits per heavy atom. The van der Waals surface area contributed by atoms with E-state index in [2.05, 4.69) is 46.0 Å². The van der Waals surface area contributed by atoms with E-state index in [1.165, 1.54) is 23.3 Å². The van der Waals surface area contributed by atoms with Crippen molar-refractivity contribution in [2.24, 2.45) is 5.92 Å². The molecule has 0 fully saturated rings. The molecule has 0 aromatic carbocycles. The largest absolute Gasteiger partial charge is 0.312 e. The highest BCUT2D eigenvalue weighted by molar-refractivity contribution is 7.16. The lowest BCUT2D eigenvalue weighted by molar-refractivity contribution is 0.387. The molecule has 0 spiro atoms. The summed E-state index contributed by atoms with van der Waals surface area (Å²) < 4.78 is 0.951. The van der Waals surface area contributed by atoms with Crippen LogP contribution < -0.4 is 5.32 Å². The summed E-state index contributed by atoms with van der Waals surface area (Å²) in [6.07, 6.45) is 3.66. The topological polar surface area (TPSA) is 12.0 Å². The van der Waals surface area contributed by atoms with Crippen molar-refractivity contribution in [2.45, 2.75) is 59.4 Å². The molecule has 0 bridgehead atoms. The minimum atomic E-state index is 0.234. The number of rotatable bonds is 6. The van der Waals surface area contributed by atoms with E-state index in [1.807, 2.05) is 0 Å². The van der Waals surface area contributed by atoms with Gasteiger partial charge in [-0.15, -0.1) is 11.3 Å². The van der Waals surface area contributed by atoms with Gasteiger partial charge in [0.25, 0.3) is 0 Å².